The number of carbonyl (C=O) groups is 3. The molecule has 4 rings (SSSR count). The Morgan fingerprint density at radius 1 is 1.33 bits per heavy atom. The number of nitrogens with zero attached hydrogens (tertiary/aromatic N) is 1. The third-order valence-electron chi connectivity index (χ3n) is 4.88. The minimum atomic E-state index is -1.01. The highest BCUT2D eigenvalue weighted by Crippen LogP contribution is 2.52. The normalized spacial score (nSPS) is 33.0. The second kappa shape index (κ2) is 4.91. The monoisotopic (exact) mass is 328 g/mol. The van der Waals surface area contributed by atoms with E-state index in [1.165, 1.54) is 6.92 Å². The third kappa shape index (κ3) is 1.98. The van der Waals surface area contributed by atoms with E-state index in [1.54, 1.807) is 35.2 Å². The predicted molar refractivity (Wildman–Crippen MR) is 84.5 cm³/mol. The third-order valence-corrected chi connectivity index (χ3v) is 4.88. The second-order valence-electron chi connectivity index (χ2n) is 6.39. The molecule has 1 aromatic carbocycles. The number of nitrogens with one attached hydrogen (secondary N) is 1. The maximum Gasteiger partial charge on any atom is 0.310 e. The molecule has 2 amide bonds. The van der Waals surface area contributed by atoms with Gasteiger partial charge in [0.05, 0.1) is 18.6 Å². The smallest absolute Gasteiger partial charge is 0.310 e. The molecule has 1 spiro atoms. The van der Waals surface area contributed by atoms with Gasteiger partial charge in [0.1, 0.15) is 11.5 Å². The maximum absolute atomic E-state index is 12.8. The summed E-state index contributed by atoms with van der Waals surface area (Å²) in [4.78, 5) is 37.0. The lowest BCUT2D eigenvalue weighted by molar-refractivity contribution is -0.146. The molecule has 2 N–H and O–H groups in total. The van der Waals surface area contributed by atoms with Crippen molar-refractivity contribution in [3.8, 4) is 0 Å². The van der Waals surface area contributed by atoms with Crippen LogP contribution in [0.15, 0.2) is 36.4 Å². The fourth-order valence-corrected chi connectivity index (χ4v) is 3.93. The number of rotatable bonds is 3. The van der Waals surface area contributed by atoms with Gasteiger partial charge in [-0.1, -0.05) is 12.2 Å². The Morgan fingerprint density at radius 2 is 2.04 bits per heavy atom. The number of hydrogen-bond acceptors (Lipinski definition) is 4. The van der Waals surface area contributed by atoms with Crippen LogP contribution in [0.5, 0.6) is 0 Å². The summed E-state index contributed by atoms with van der Waals surface area (Å²) in [6, 6.07) is 6.87. The molecule has 7 nitrogen and oxygen atoms in total. The summed E-state index contributed by atoms with van der Waals surface area (Å²) in [5.41, 5.74) is 0.445. The van der Waals surface area contributed by atoms with Crippen LogP contribution in [-0.2, 0) is 19.1 Å². The Labute approximate surface area is 137 Å². The quantitative estimate of drug-likeness (QED) is 0.808. The fourth-order valence-electron chi connectivity index (χ4n) is 3.93. The van der Waals surface area contributed by atoms with E-state index in [-0.39, 0.29) is 11.8 Å². The summed E-state index contributed by atoms with van der Waals surface area (Å²) in [5.74, 6) is -2.95. The summed E-state index contributed by atoms with van der Waals surface area (Å²) in [6.07, 6.45) is 3.04. The van der Waals surface area contributed by atoms with Crippen molar-refractivity contribution in [2.24, 2.45) is 11.8 Å². The van der Waals surface area contributed by atoms with E-state index in [0.29, 0.717) is 17.9 Å². The number of hydrogen-bond donors (Lipinski definition) is 2. The number of carbonyl (C=O) groups excluding carboxylic acids is 2. The lowest BCUT2D eigenvalue weighted by Gasteiger charge is -2.21. The van der Waals surface area contributed by atoms with Crippen molar-refractivity contribution in [1.29, 1.82) is 0 Å². The maximum atomic E-state index is 12.8. The average Bonchev–Trinajstić information content (AvgIpc) is 3.16. The van der Waals surface area contributed by atoms with Crippen LogP contribution in [0.1, 0.15) is 6.92 Å². The lowest BCUT2D eigenvalue weighted by atomic mass is 9.77. The zero-order chi connectivity index (χ0) is 17.1. The molecular formula is C17H16N2O5. The van der Waals surface area contributed by atoms with Crippen LogP contribution in [0.4, 0.5) is 11.4 Å². The van der Waals surface area contributed by atoms with E-state index in [1.807, 2.05) is 6.08 Å². The van der Waals surface area contributed by atoms with Crippen molar-refractivity contribution in [3.05, 3.63) is 36.4 Å². The number of aliphatic carboxylic acids is 1. The Balaban J connectivity index is 1.63. The molecule has 3 heterocycles. The van der Waals surface area contributed by atoms with E-state index in [0.717, 1.165) is 0 Å². The Morgan fingerprint density at radius 3 is 2.67 bits per heavy atom. The molecule has 0 aliphatic carbocycles. The number of ether oxygens (including phenoxy) is 1. The number of fused-ring (bicyclic) bond motifs is 1. The molecule has 2 saturated heterocycles. The fraction of sp³-hybridized carbons (Fsp3) is 0.353. The molecule has 0 saturated carbocycles. The highest BCUT2D eigenvalue weighted by Gasteiger charge is 2.67. The average molecular weight is 328 g/mol. The molecule has 0 aromatic heterocycles. The van der Waals surface area contributed by atoms with E-state index in [2.05, 4.69) is 5.32 Å². The molecule has 124 valence electrons. The summed E-state index contributed by atoms with van der Waals surface area (Å²) in [6.45, 7) is 1.72. The predicted octanol–water partition coefficient (Wildman–Crippen LogP) is 1.02. The van der Waals surface area contributed by atoms with Gasteiger partial charge in [-0.05, 0) is 24.3 Å². The Hall–Kier alpha value is -2.67. The Kier molecular flexibility index (Phi) is 3.05. The van der Waals surface area contributed by atoms with Gasteiger partial charge < -0.3 is 20.1 Å². The topological polar surface area (TPSA) is 95.9 Å². The number of benzene rings is 1. The first-order valence-electron chi connectivity index (χ1n) is 7.70. The first-order valence-corrected chi connectivity index (χ1v) is 7.70. The molecule has 7 heteroatoms. The van der Waals surface area contributed by atoms with E-state index in [9.17, 15) is 19.5 Å². The summed E-state index contributed by atoms with van der Waals surface area (Å²) < 4.78 is 5.84. The summed E-state index contributed by atoms with van der Waals surface area (Å²) in [5, 5.41) is 12.1. The van der Waals surface area contributed by atoms with Gasteiger partial charge in [0.25, 0.3) is 0 Å². The largest absolute Gasteiger partial charge is 0.481 e. The molecule has 3 aliphatic heterocycles. The van der Waals surface area contributed by atoms with Crippen molar-refractivity contribution in [1.82, 2.24) is 0 Å². The molecule has 4 atom stereocenters. The highest BCUT2D eigenvalue weighted by molar-refractivity contribution is 6.02. The zero-order valence-electron chi connectivity index (χ0n) is 12.9. The van der Waals surface area contributed by atoms with Crippen LogP contribution in [0.25, 0.3) is 0 Å². The number of anilines is 2. The second-order valence-corrected chi connectivity index (χ2v) is 6.39. The van der Waals surface area contributed by atoms with Gasteiger partial charge in [0.2, 0.25) is 11.8 Å². The molecule has 3 aliphatic rings. The van der Waals surface area contributed by atoms with Crippen molar-refractivity contribution in [3.63, 3.8) is 0 Å². The van der Waals surface area contributed by atoms with Gasteiger partial charge in [-0.25, -0.2) is 0 Å². The standard InChI is InChI=1S/C17H16N2O5/c1-9(20)18-10-2-4-11(5-3-10)19-8-17-7-6-12(24-17)13(16(22)23)14(17)15(19)21/h2-7,12-14H,8H2,1H3,(H,18,20)(H,22,23)/t12-,13-,14-,17-/m1/s1. The van der Waals surface area contributed by atoms with Gasteiger partial charge in [-0.15, -0.1) is 0 Å². The van der Waals surface area contributed by atoms with Crippen LogP contribution >= 0.6 is 0 Å². The van der Waals surface area contributed by atoms with Crippen LogP contribution in [-0.4, -0.2) is 41.1 Å². The van der Waals surface area contributed by atoms with Gasteiger partial charge in [0, 0.05) is 18.3 Å². The van der Waals surface area contributed by atoms with E-state index < -0.39 is 29.5 Å². The Bertz CT molecular complexity index is 772. The van der Waals surface area contributed by atoms with Gasteiger partial charge >= 0.3 is 5.97 Å². The van der Waals surface area contributed by atoms with Gasteiger partial charge in [0.15, 0.2) is 0 Å². The summed E-state index contributed by atoms with van der Waals surface area (Å²) in [7, 11) is 0. The van der Waals surface area contributed by atoms with Crippen LogP contribution in [0.3, 0.4) is 0 Å². The van der Waals surface area contributed by atoms with Crippen molar-refractivity contribution >= 4 is 29.2 Å². The van der Waals surface area contributed by atoms with Crippen LogP contribution < -0.4 is 10.2 Å². The molecule has 1 aromatic rings. The van der Waals surface area contributed by atoms with Gasteiger partial charge in [-0.3, -0.25) is 14.4 Å². The summed E-state index contributed by atoms with van der Waals surface area (Å²) >= 11 is 0. The van der Waals surface area contributed by atoms with Crippen molar-refractivity contribution in [2.45, 2.75) is 18.6 Å². The minimum Gasteiger partial charge on any atom is -0.481 e. The lowest BCUT2D eigenvalue weighted by Crippen LogP contribution is -2.39. The highest BCUT2D eigenvalue weighted by atomic mass is 16.5. The van der Waals surface area contributed by atoms with E-state index in [4.69, 9.17) is 4.74 Å². The molecule has 0 radical (unpaired) electrons. The SMILES string of the molecule is CC(=O)Nc1ccc(N2C[C@@]34C=C[C@@H](O3)[C@@H](C(=O)O)[C@@H]4C2=O)cc1. The number of carboxylic acids is 1. The first-order chi connectivity index (χ1) is 11.4. The molecule has 2 bridgehead atoms. The molecular weight excluding hydrogens is 312 g/mol. The van der Waals surface area contributed by atoms with Crippen LogP contribution in [0, 0.1) is 11.8 Å². The van der Waals surface area contributed by atoms with Crippen molar-refractivity contribution < 1.29 is 24.2 Å². The number of amides is 2. The molecule has 24 heavy (non-hydrogen) atoms. The van der Waals surface area contributed by atoms with Gasteiger partial charge in [-0.2, -0.15) is 0 Å². The van der Waals surface area contributed by atoms with E-state index >= 15 is 0 Å². The first kappa shape index (κ1) is 14.9. The zero-order valence-corrected chi connectivity index (χ0v) is 12.9. The molecule has 2 fully saturated rings. The molecule has 0 unspecified atom stereocenters. The van der Waals surface area contributed by atoms with Crippen LogP contribution in [0.2, 0.25) is 0 Å². The number of carboxylic acid groups (broad SMARTS) is 1. The van der Waals surface area contributed by atoms with Crippen molar-refractivity contribution in [2.75, 3.05) is 16.8 Å². The minimum absolute atomic E-state index is 0.173.